The smallest absolute Gasteiger partial charge is 0.261 e. The van der Waals surface area contributed by atoms with E-state index in [-0.39, 0.29) is 28.9 Å². The average molecular weight is 367 g/mol. The maximum Gasteiger partial charge on any atom is 0.261 e. The summed E-state index contributed by atoms with van der Waals surface area (Å²) in [5, 5.41) is 0.885. The monoisotopic (exact) mass is 367 g/mol. The largest absolute Gasteiger partial charge is 0.339 e. The van der Waals surface area contributed by atoms with Gasteiger partial charge in [0.1, 0.15) is 5.56 Å². The molecule has 2 heterocycles. The van der Waals surface area contributed by atoms with E-state index in [4.69, 9.17) is 0 Å². The Balaban J connectivity index is 1.51. The fraction of sp³-hybridized carbons (Fsp3) is 0.476. The highest BCUT2D eigenvalue weighted by molar-refractivity contribution is 6.00. The summed E-state index contributed by atoms with van der Waals surface area (Å²) in [6, 6.07) is 7.51. The number of piperazine rings is 1. The Bertz CT molecular complexity index is 935. The summed E-state index contributed by atoms with van der Waals surface area (Å²) in [5.41, 5.74) is 1.32. The number of aromatic amines is 1. The van der Waals surface area contributed by atoms with Crippen LogP contribution in [0.2, 0.25) is 0 Å². The molecule has 0 spiro atoms. The fourth-order valence-corrected chi connectivity index (χ4v) is 4.39. The number of hydrogen-bond donors (Lipinski definition) is 1. The molecular weight excluding hydrogens is 342 g/mol. The third-order valence-corrected chi connectivity index (χ3v) is 5.98. The van der Waals surface area contributed by atoms with Crippen molar-refractivity contribution in [1.82, 2.24) is 14.8 Å². The van der Waals surface area contributed by atoms with E-state index in [1.54, 1.807) is 4.90 Å². The molecule has 142 valence electrons. The van der Waals surface area contributed by atoms with Crippen LogP contribution < -0.4 is 5.56 Å². The lowest BCUT2D eigenvalue weighted by atomic mass is 10.0. The Morgan fingerprint density at radius 2 is 1.63 bits per heavy atom. The second kappa shape index (κ2) is 7.18. The summed E-state index contributed by atoms with van der Waals surface area (Å²) in [6.45, 7) is 3.87. The molecule has 0 bridgehead atoms. The lowest BCUT2D eigenvalue weighted by molar-refractivity contribution is -0.136. The number of fused-ring (bicyclic) bond motifs is 1. The number of aromatic nitrogens is 1. The predicted octanol–water partition coefficient (Wildman–Crippen LogP) is 2.31. The molecule has 1 saturated heterocycles. The molecule has 27 heavy (non-hydrogen) atoms. The van der Waals surface area contributed by atoms with Crippen LogP contribution in [-0.4, -0.2) is 52.8 Å². The lowest BCUT2D eigenvalue weighted by Gasteiger charge is -2.36. The van der Waals surface area contributed by atoms with Crippen LogP contribution in [0, 0.1) is 12.8 Å². The first kappa shape index (κ1) is 17.8. The van der Waals surface area contributed by atoms with Crippen molar-refractivity contribution in [3.63, 3.8) is 0 Å². The molecule has 1 saturated carbocycles. The van der Waals surface area contributed by atoms with Gasteiger partial charge in [-0.25, -0.2) is 0 Å². The van der Waals surface area contributed by atoms with E-state index in [1.165, 1.54) is 0 Å². The molecule has 2 fully saturated rings. The van der Waals surface area contributed by atoms with Crippen molar-refractivity contribution < 1.29 is 9.59 Å². The van der Waals surface area contributed by atoms with E-state index in [2.05, 4.69) is 4.98 Å². The predicted molar refractivity (Wildman–Crippen MR) is 104 cm³/mol. The van der Waals surface area contributed by atoms with Gasteiger partial charge >= 0.3 is 0 Å². The van der Waals surface area contributed by atoms with Crippen LogP contribution in [0.1, 0.15) is 41.6 Å². The van der Waals surface area contributed by atoms with Gasteiger partial charge in [-0.3, -0.25) is 14.4 Å². The van der Waals surface area contributed by atoms with E-state index >= 15 is 0 Å². The Morgan fingerprint density at radius 3 is 2.33 bits per heavy atom. The van der Waals surface area contributed by atoms with E-state index in [0.717, 1.165) is 36.6 Å². The van der Waals surface area contributed by atoms with Crippen LogP contribution in [0.5, 0.6) is 0 Å². The molecule has 6 nitrogen and oxygen atoms in total. The van der Waals surface area contributed by atoms with Crippen LogP contribution in [-0.2, 0) is 4.79 Å². The fourth-order valence-electron chi connectivity index (χ4n) is 4.39. The molecule has 0 atom stereocenters. The average Bonchev–Trinajstić information content (AvgIpc) is 3.22. The highest BCUT2D eigenvalue weighted by Gasteiger charge is 2.31. The van der Waals surface area contributed by atoms with Crippen molar-refractivity contribution in [3.8, 4) is 0 Å². The molecule has 6 heteroatoms. The van der Waals surface area contributed by atoms with Crippen LogP contribution >= 0.6 is 0 Å². The minimum Gasteiger partial charge on any atom is -0.339 e. The topological polar surface area (TPSA) is 73.5 Å². The highest BCUT2D eigenvalue weighted by Crippen LogP contribution is 2.27. The molecule has 1 aliphatic carbocycles. The normalized spacial score (nSPS) is 18.3. The van der Waals surface area contributed by atoms with Gasteiger partial charge in [0.15, 0.2) is 0 Å². The zero-order valence-corrected chi connectivity index (χ0v) is 15.7. The molecule has 0 radical (unpaired) electrons. The van der Waals surface area contributed by atoms with Crippen LogP contribution in [0.3, 0.4) is 0 Å². The van der Waals surface area contributed by atoms with E-state index in [9.17, 15) is 14.4 Å². The maximum atomic E-state index is 13.0. The number of benzene rings is 1. The number of para-hydroxylation sites is 1. The molecule has 1 aliphatic heterocycles. The Kier molecular flexibility index (Phi) is 4.72. The van der Waals surface area contributed by atoms with Gasteiger partial charge < -0.3 is 14.8 Å². The number of amides is 2. The van der Waals surface area contributed by atoms with E-state index in [0.29, 0.717) is 31.7 Å². The van der Waals surface area contributed by atoms with Crippen LogP contribution in [0.25, 0.3) is 10.9 Å². The third kappa shape index (κ3) is 3.24. The second-order valence-corrected chi connectivity index (χ2v) is 7.60. The number of carbonyl (C=O) groups is 2. The Hall–Kier alpha value is -2.63. The molecule has 4 rings (SSSR count). The molecular formula is C21H25N3O3. The van der Waals surface area contributed by atoms with E-state index < -0.39 is 0 Å². The summed E-state index contributed by atoms with van der Waals surface area (Å²) in [4.78, 5) is 44.5. The Morgan fingerprint density at radius 1 is 1.00 bits per heavy atom. The number of carbonyl (C=O) groups excluding carboxylic acids is 2. The summed E-state index contributed by atoms with van der Waals surface area (Å²) in [7, 11) is 0. The number of pyridine rings is 1. The minimum absolute atomic E-state index is 0.165. The Labute approximate surface area is 158 Å². The van der Waals surface area contributed by atoms with Gasteiger partial charge in [0.05, 0.1) is 0 Å². The van der Waals surface area contributed by atoms with Gasteiger partial charge in [-0.15, -0.1) is 0 Å². The number of hydrogen-bond acceptors (Lipinski definition) is 3. The first-order valence-corrected chi connectivity index (χ1v) is 9.76. The van der Waals surface area contributed by atoms with Crippen LogP contribution in [0.4, 0.5) is 0 Å². The standard InChI is InChI=1S/C21H25N3O3/c1-14-16-8-4-5-9-17(16)22-19(25)18(14)21(27)24-12-10-23(11-13-24)20(26)15-6-2-3-7-15/h4-5,8-9,15H,2-3,6-7,10-13H2,1H3,(H,22,25). The van der Waals surface area contributed by atoms with Gasteiger partial charge in [-0.1, -0.05) is 31.0 Å². The summed E-state index contributed by atoms with van der Waals surface area (Å²) in [5.74, 6) is 0.157. The first-order chi connectivity index (χ1) is 13.1. The van der Waals surface area contributed by atoms with Gasteiger partial charge in [0, 0.05) is 43.0 Å². The quantitative estimate of drug-likeness (QED) is 0.885. The van der Waals surface area contributed by atoms with Gasteiger partial charge in [0.2, 0.25) is 5.91 Å². The number of nitrogens with one attached hydrogen (secondary N) is 1. The number of aryl methyl sites for hydroxylation is 1. The molecule has 0 unspecified atom stereocenters. The van der Waals surface area contributed by atoms with E-state index in [1.807, 2.05) is 36.1 Å². The number of rotatable bonds is 2. The molecule has 1 N–H and O–H groups in total. The first-order valence-electron chi connectivity index (χ1n) is 9.76. The zero-order valence-electron chi connectivity index (χ0n) is 15.7. The van der Waals surface area contributed by atoms with Gasteiger partial charge in [0.25, 0.3) is 11.5 Å². The molecule has 2 aliphatic rings. The summed E-state index contributed by atoms with van der Waals surface area (Å²) in [6.07, 6.45) is 4.25. The van der Waals surface area contributed by atoms with Crippen molar-refractivity contribution in [3.05, 3.63) is 45.7 Å². The van der Waals surface area contributed by atoms with Crippen molar-refractivity contribution in [2.45, 2.75) is 32.6 Å². The lowest BCUT2D eigenvalue weighted by Crippen LogP contribution is -2.52. The van der Waals surface area contributed by atoms with Crippen LogP contribution in [0.15, 0.2) is 29.1 Å². The van der Waals surface area contributed by atoms with Crippen molar-refractivity contribution >= 4 is 22.7 Å². The second-order valence-electron chi connectivity index (χ2n) is 7.60. The number of nitrogens with zero attached hydrogens (tertiary/aromatic N) is 2. The molecule has 2 amide bonds. The summed E-state index contributed by atoms with van der Waals surface area (Å²) >= 11 is 0. The number of H-pyrrole nitrogens is 1. The molecule has 1 aromatic heterocycles. The van der Waals surface area contributed by atoms with Crippen molar-refractivity contribution in [2.75, 3.05) is 26.2 Å². The molecule has 2 aromatic rings. The van der Waals surface area contributed by atoms with Crippen molar-refractivity contribution in [1.29, 1.82) is 0 Å². The molecule has 1 aromatic carbocycles. The zero-order chi connectivity index (χ0) is 19.0. The minimum atomic E-state index is -0.347. The highest BCUT2D eigenvalue weighted by atomic mass is 16.2. The van der Waals surface area contributed by atoms with Gasteiger partial charge in [-0.2, -0.15) is 0 Å². The summed E-state index contributed by atoms with van der Waals surface area (Å²) < 4.78 is 0. The maximum absolute atomic E-state index is 13.0. The third-order valence-electron chi connectivity index (χ3n) is 5.98. The van der Waals surface area contributed by atoms with Gasteiger partial charge in [-0.05, 0) is 31.4 Å². The van der Waals surface area contributed by atoms with Crippen molar-refractivity contribution in [2.24, 2.45) is 5.92 Å². The SMILES string of the molecule is Cc1c(C(=O)N2CCN(C(=O)C3CCCC3)CC2)c(=O)[nH]c2ccccc12.